The summed E-state index contributed by atoms with van der Waals surface area (Å²) in [6.45, 7) is 11.4. The van der Waals surface area contributed by atoms with Gasteiger partial charge in [-0.1, -0.05) is 13.3 Å². The lowest BCUT2D eigenvalue weighted by Crippen LogP contribution is -2.44. The normalized spacial score (nSPS) is 18.2. The molecule has 1 aliphatic heterocycles. The van der Waals surface area contributed by atoms with Crippen LogP contribution in [0, 0.1) is 5.92 Å². The maximum Gasteiger partial charge on any atom is 0.410 e. The average molecular weight is 482 g/mol. The van der Waals surface area contributed by atoms with E-state index in [1.165, 1.54) is 19.3 Å². The van der Waals surface area contributed by atoms with Gasteiger partial charge in [-0.15, -0.1) is 24.0 Å². The second kappa shape index (κ2) is 12.6. The number of piperidine rings is 1. The first-order chi connectivity index (χ1) is 11.8. The fourth-order valence-corrected chi connectivity index (χ4v) is 3.07. The van der Waals surface area contributed by atoms with Crippen molar-refractivity contribution in [1.82, 2.24) is 15.1 Å². The van der Waals surface area contributed by atoms with E-state index in [0.717, 1.165) is 45.0 Å². The molecule has 0 saturated carbocycles. The van der Waals surface area contributed by atoms with Crippen molar-refractivity contribution in [3.05, 3.63) is 0 Å². The summed E-state index contributed by atoms with van der Waals surface area (Å²) in [5.74, 6) is 1.47. The highest BCUT2D eigenvalue weighted by Gasteiger charge is 2.27. The van der Waals surface area contributed by atoms with Crippen molar-refractivity contribution in [2.75, 3.05) is 40.3 Å². The Labute approximate surface area is 177 Å². The molecule has 1 rings (SSSR count). The minimum Gasteiger partial charge on any atom is -0.444 e. The molecule has 154 valence electrons. The van der Waals surface area contributed by atoms with E-state index in [2.05, 4.69) is 29.2 Å². The Bertz CT molecular complexity index is 438. The summed E-state index contributed by atoms with van der Waals surface area (Å²) in [6.07, 6.45) is 5.44. The number of ether oxygens (including phenoxy) is 1. The van der Waals surface area contributed by atoms with Gasteiger partial charge in [0.05, 0.1) is 0 Å². The van der Waals surface area contributed by atoms with Crippen LogP contribution in [-0.2, 0) is 4.74 Å². The van der Waals surface area contributed by atoms with E-state index >= 15 is 0 Å². The van der Waals surface area contributed by atoms with Gasteiger partial charge in [0, 0.05) is 40.3 Å². The minimum atomic E-state index is -0.429. The number of nitrogens with one attached hydrogen (secondary N) is 1. The predicted molar refractivity (Wildman–Crippen MR) is 119 cm³/mol. The monoisotopic (exact) mass is 482 g/mol. The van der Waals surface area contributed by atoms with E-state index in [-0.39, 0.29) is 30.1 Å². The van der Waals surface area contributed by atoms with Crippen LogP contribution >= 0.6 is 24.0 Å². The number of nitrogens with zero attached hydrogens (tertiary/aromatic N) is 3. The third-order valence-electron chi connectivity index (χ3n) is 4.43. The van der Waals surface area contributed by atoms with Crippen LogP contribution in [-0.4, -0.2) is 67.7 Å². The number of hydrogen-bond donors (Lipinski definition) is 1. The quantitative estimate of drug-likeness (QED) is 0.354. The van der Waals surface area contributed by atoms with E-state index in [9.17, 15) is 4.79 Å². The Balaban J connectivity index is 0.00000625. The third kappa shape index (κ3) is 9.83. The second-order valence-corrected chi connectivity index (χ2v) is 7.97. The van der Waals surface area contributed by atoms with Gasteiger partial charge in [0.15, 0.2) is 5.96 Å². The first-order valence-electron chi connectivity index (χ1n) is 9.66. The molecule has 0 bridgehead atoms. The Morgan fingerprint density at radius 2 is 2.08 bits per heavy atom. The van der Waals surface area contributed by atoms with Crippen LogP contribution in [0.5, 0.6) is 0 Å². The van der Waals surface area contributed by atoms with Gasteiger partial charge in [0.1, 0.15) is 5.60 Å². The Morgan fingerprint density at radius 3 is 2.65 bits per heavy atom. The summed E-state index contributed by atoms with van der Waals surface area (Å²) in [5.41, 5.74) is -0.429. The van der Waals surface area contributed by atoms with Crippen molar-refractivity contribution in [2.45, 2.75) is 65.4 Å². The molecule has 0 radical (unpaired) electrons. The third-order valence-corrected chi connectivity index (χ3v) is 4.43. The van der Waals surface area contributed by atoms with E-state index in [1.807, 2.05) is 32.7 Å². The van der Waals surface area contributed by atoms with Crippen LogP contribution in [0.3, 0.4) is 0 Å². The van der Waals surface area contributed by atoms with Crippen molar-refractivity contribution in [3.63, 3.8) is 0 Å². The van der Waals surface area contributed by atoms with E-state index in [4.69, 9.17) is 4.74 Å². The molecule has 1 fully saturated rings. The van der Waals surface area contributed by atoms with Crippen LogP contribution in [0.1, 0.15) is 59.8 Å². The first kappa shape index (κ1) is 25.3. The highest BCUT2D eigenvalue weighted by atomic mass is 127. The number of unbranched alkanes of at least 4 members (excludes halogenated alkanes) is 1. The summed E-state index contributed by atoms with van der Waals surface area (Å²) < 4.78 is 5.50. The molecule has 0 spiro atoms. The number of halogens is 1. The Morgan fingerprint density at radius 1 is 1.38 bits per heavy atom. The molecule has 1 atom stereocenters. The van der Waals surface area contributed by atoms with Crippen molar-refractivity contribution < 1.29 is 9.53 Å². The van der Waals surface area contributed by atoms with Gasteiger partial charge in [-0.3, -0.25) is 4.99 Å². The summed E-state index contributed by atoms with van der Waals surface area (Å²) >= 11 is 0. The molecule has 6 nitrogen and oxygen atoms in total. The molecule has 1 aliphatic rings. The highest BCUT2D eigenvalue weighted by Crippen LogP contribution is 2.21. The van der Waals surface area contributed by atoms with Crippen molar-refractivity contribution in [2.24, 2.45) is 10.9 Å². The zero-order valence-electron chi connectivity index (χ0n) is 17.5. The van der Waals surface area contributed by atoms with Gasteiger partial charge in [-0.25, -0.2) is 4.79 Å². The fourth-order valence-electron chi connectivity index (χ4n) is 3.07. The predicted octanol–water partition coefficient (Wildman–Crippen LogP) is 3.95. The summed E-state index contributed by atoms with van der Waals surface area (Å²) in [5, 5.41) is 3.45. The van der Waals surface area contributed by atoms with Crippen molar-refractivity contribution in [3.8, 4) is 0 Å². The molecule has 0 aromatic rings. The molecule has 26 heavy (non-hydrogen) atoms. The average Bonchev–Trinajstić information content (AvgIpc) is 2.55. The van der Waals surface area contributed by atoms with Crippen LogP contribution in [0.2, 0.25) is 0 Å². The maximum atomic E-state index is 12.2. The lowest BCUT2D eigenvalue weighted by Gasteiger charge is -2.34. The van der Waals surface area contributed by atoms with Gasteiger partial charge in [0.25, 0.3) is 0 Å². The zero-order chi connectivity index (χ0) is 18.9. The number of guanidine groups is 1. The number of carbonyl (C=O) groups excluding carboxylic acids is 1. The lowest BCUT2D eigenvalue weighted by molar-refractivity contribution is 0.0162. The Hall–Kier alpha value is -0.730. The van der Waals surface area contributed by atoms with Gasteiger partial charge in [-0.05, 0) is 52.4 Å². The van der Waals surface area contributed by atoms with Crippen LogP contribution < -0.4 is 5.32 Å². The highest BCUT2D eigenvalue weighted by molar-refractivity contribution is 14.0. The smallest absolute Gasteiger partial charge is 0.410 e. The fraction of sp³-hybridized carbons (Fsp3) is 0.895. The molecule has 1 saturated heterocycles. The number of rotatable bonds is 6. The zero-order valence-corrected chi connectivity index (χ0v) is 19.8. The van der Waals surface area contributed by atoms with Crippen LogP contribution in [0.4, 0.5) is 4.79 Å². The van der Waals surface area contributed by atoms with E-state index in [1.54, 1.807) is 0 Å². The summed E-state index contributed by atoms with van der Waals surface area (Å²) in [4.78, 5) is 20.6. The molecular formula is C19H39IN4O2. The molecule has 1 heterocycles. The molecular weight excluding hydrogens is 443 g/mol. The van der Waals surface area contributed by atoms with E-state index in [0.29, 0.717) is 5.92 Å². The van der Waals surface area contributed by atoms with E-state index < -0.39 is 5.60 Å². The molecule has 0 aliphatic carbocycles. The molecule has 1 unspecified atom stereocenters. The maximum absolute atomic E-state index is 12.2. The lowest BCUT2D eigenvalue weighted by atomic mass is 9.95. The molecule has 0 aromatic heterocycles. The van der Waals surface area contributed by atoms with Crippen molar-refractivity contribution in [1.29, 1.82) is 0 Å². The minimum absolute atomic E-state index is 0. The molecule has 1 amide bonds. The largest absolute Gasteiger partial charge is 0.444 e. The van der Waals surface area contributed by atoms with Crippen LogP contribution in [0.25, 0.3) is 0 Å². The number of amides is 1. The Kier molecular flexibility index (Phi) is 12.3. The SMILES string of the molecule is CCCCN(C)C(=NC)NCCC1CCCN(C(=O)OC(C)(C)C)C1.I. The number of hydrogen-bond acceptors (Lipinski definition) is 3. The van der Waals surface area contributed by atoms with Gasteiger partial charge < -0.3 is 19.9 Å². The number of likely N-dealkylation sites (tertiary alicyclic amines) is 1. The standard InChI is InChI=1S/C19H38N4O2.HI/c1-7-8-13-22(6)17(20-5)21-12-11-16-10-9-14-23(15-16)18(24)25-19(2,3)4;/h16H,7-15H2,1-6H3,(H,20,21);1H. The number of aliphatic imine (C=N–C) groups is 1. The van der Waals surface area contributed by atoms with Crippen LogP contribution in [0.15, 0.2) is 4.99 Å². The summed E-state index contributed by atoms with van der Waals surface area (Å²) in [6, 6.07) is 0. The summed E-state index contributed by atoms with van der Waals surface area (Å²) in [7, 11) is 3.91. The first-order valence-corrected chi connectivity index (χ1v) is 9.66. The molecule has 0 aromatic carbocycles. The van der Waals surface area contributed by atoms with Gasteiger partial charge >= 0.3 is 6.09 Å². The topological polar surface area (TPSA) is 57.2 Å². The molecule has 1 N–H and O–H groups in total. The van der Waals surface area contributed by atoms with Gasteiger partial charge in [-0.2, -0.15) is 0 Å². The van der Waals surface area contributed by atoms with Crippen molar-refractivity contribution >= 4 is 36.0 Å². The van der Waals surface area contributed by atoms with Gasteiger partial charge in [0.2, 0.25) is 0 Å². The number of carbonyl (C=O) groups is 1. The molecule has 7 heteroatoms. The second-order valence-electron chi connectivity index (χ2n) is 7.97.